The molecule has 20 heavy (non-hydrogen) atoms. The number of hydrogen-bond donors (Lipinski definition) is 1. The Morgan fingerprint density at radius 1 is 1.50 bits per heavy atom. The smallest absolute Gasteiger partial charge is 0.360 e. The molecule has 1 aromatic heterocycles. The summed E-state index contributed by atoms with van der Waals surface area (Å²) in [5, 5.41) is 4.42. The lowest BCUT2D eigenvalue weighted by atomic mass is 9.78. The zero-order valence-electron chi connectivity index (χ0n) is 12.5. The average molecular weight is 296 g/mol. The molecule has 0 amide bonds. The maximum absolute atomic E-state index is 11.9. The first-order valence-corrected chi connectivity index (χ1v) is 8.38. The number of anilines is 1. The van der Waals surface area contributed by atoms with E-state index in [0.29, 0.717) is 30.2 Å². The normalized spacial score (nSPS) is 22.8. The number of esters is 1. The Morgan fingerprint density at radius 2 is 2.25 bits per heavy atom. The van der Waals surface area contributed by atoms with Crippen molar-refractivity contribution in [1.82, 2.24) is 4.98 Å². The maximum Gasteiger partial charge on any atom is 0.360 e. The summed E-state index contributed by atoms with van der Waals surface area (Å²) in [6.45, 7) is 6.76. The minimum absolute atomic E-state index is 0.326. The van der Waals surface area contributed by atoms with Gasteiger partial charge in [0.1, 0.15) is 5.00 Å². The highest BCUT2D eigenvalue weighted by molar-refractivity contribution is 7.14. The average Bonchev–Trinajstić information content (AvgIpc) is 2.87. The van der Waals surface area contributed by atoms with Crippen LogP contribution < -0.4 is 5.32 Å². The van der Waals surface area contributed by atoms with E-state index in [1.165, 1.54) is 37.0 Å². The summed E-state index contributed by atoms with van der Waals surface area (Å²) in [6.07, 6.45) is 5.01. The van der Waals surface area contributed by atoms with Gasteiger partial charge in [-0.05, 0) is 31.6 Å². The molecule has 1 aromatic rings. The Balaban J connectivity index is 2.09. The highest BCUT2D eigenvalue weighted by Gasteiger charge is 2.29. The van der Waals surface area contributed by atoms with E-state index >= 15 is 0 Å². The third kappa shape index (κ3) is 3.51. The Labute approximate surface area is 124 Å². The van der Waals surface area contributed by atoms with Crippen LogP contribution in [-0.4, -0.2) is 23.6 Å². The molecule has 1 aliphatic carbocycles. The SMILES string of the molecule is CCOC(=O)c1ncsc1NC1CCCCC1C(C)C. The maximum atomic E-state index is 11.9. The molecule has 1 saturated carbocycles. The molecule has 1 aliphatic rings. The van der Waals surface area contributed by atoms with Gasteiger partial charge in [-0.1, -0.05) is 26.7 Å². The van der Waals surface area contributed by atoms with Gasteiger partial charge in [-0.25, -0.2) is 9.78 Å². The molecule has 0 aromatic carbocycles. The van der Waals surface area contributed by atoms with Crippen molar-refractivity contribution in [3.05, 3.63) is 11.2 Å². The van der Waals surface area contributed by atoms with E-state index in [0.717, 1.165) is 5.00 Å². The first kappa shape index (κ1) is 15.3. The molecule has 1 N–H and O–H groups in total. The third-order valence-electron chi connectivity index (χ3n) is 4.03. The van der Waals surface area contributed by atoms with E-state index in [4.69, 9.17) is 4.74 Å². The number of hydrogen-bond acceptors (Lipinski definition) is 5. The van der Waals surface area contributed by atoms with Gasteiger partial charge in [0.15, 0.2) is 5.69 Å². The van der Waals surface area contributed by atoms with Crippen LogP contribution in [0.5, 0.6) is 0 Å². The molecule has 2 unspecified atom stereocenters. The first-order valence-electron chi connectivity index (χ1n) is 7.50. The van der Waals surface area contributed by atoms with Crippen LogP contribution in [0.4, 0.5) is 5.00 Å². The lowest BCUT2D eigenvalue weighted by molar-refractivity contribution is 0.0521. The summed E-state index contributed by atoms with van der Waals surface area (Å²) in [5.74, 6) is 1.00. The highest BCUT2D eigenvalue weighted by atomic mass is 32.1. The van der Waals surface area contributed by atoms with Crippen molar-refractivity contribution in [1.29, 1.82) is 0 Å². The number of nitrogens with one attached hydrogen (secondary N) is 1. The fraction of sp³-hybridized carbons (Fsp3) is 0.733. The topological polar surface area (TPSA) is 51.2 Å². The minimum atomic E-state index is -0.326. The van der Waals surface area contributed by atoms with E-state index in [1.807, 2.05) is 6.92 Å². The van der Waals surface area contributed by atoms with Gasteiger partial charge in [0, 0.05) is 6.04 Å². The molecular weight excluding hydrogens is 272 g/mol. The number of ether oxygens (including phenoxy) is 1. The molecule has 1 heterocycles. The lowest BCUT2D eigenvalue weighted by Crippen LogP contribution is -2.35. The Morgan fingerprint density at radius 3 is 2.95 bits per heavy atom. The van der Waals surface area contributed by atoms with E-state index in [2.05, 4.69) is 24.1 Å². The van der Waals surface area contributed by atoms with E-state index in [9.17, 15) is 4.79 Å². The summed E-state index contributed by atoms with van der Waals surface area (Å²) in [4.78, 5) is 16.0. The quantitative estimate of drug-likeness (QED) is 0.836. The van der Waals surface area contributed by atoms with Crippen molar-refractivity contribution in [2.45, 2.75) is 52.5 Å². The molecule has 0 bridgehead atoms. The molecule has 0 radical (unpaired) electrons. The molecule has 0 spiro atoms. The second kappa shape index (κ2) is 7.07. The molecule has 2 rings (SSSR count). The molecule has 112 valence electrons. The number of carbonyl (C=O) groups excluding carboxylic acids is 1. The van der Waals surface area contributed by atoms with Crippen LogP contribution in [0.3, 0.4) is 0 Å². The van der Waals surface area contributed by atoms with Gasteiger partial charge in [-0.15, -0.1) is 11.3 Å². The molecule has 0 saturated heterocycles. The Bertz CT molecular complexity index is 445. The van der Waals surface area contributed by atoms with Crippen LogP contribution in [0.1, 0.15) is 56.9 Å². The fourth-order valence-corrected chi connectivity index (χ4v) is 3.73. The predicted octanol–water partition coefficient (Wildman–Crippen LogP) is 3.95. The van der Waals surface area contributed by atoms with Gasteiger partial charge in [0.05, 0.1) is 12.1 Å². The second-order valence-corrected chi connectivity index (χ2v) is 6.55. The summed E-state index contributed by atoms with van der Waals surface area (Å²) in [7, 11) is 0. The molecule has 5 heteroatoms. The lowest BCUT2D eigenvalue weighted by Gasteiger charge is -2.35. The number of aromatic nitrogens is 1. The van der Waals surface area contributed by atoms with Gasteiger partial charge in [-0.3, -0.25) is 0 Å². The number of thiazole rings is 1. The van der Waals surface area contributed by atoms with Crippen molar-refractivity contribution in [2.75, 3.05) is 11.9 Å². The number of nitrogens with zero attached hydrogens (tertiary/aromatic N) is 1. The van der Waals surface area contributed by atoms with E-state index in [1.54, 1.807) is 5.51 Å². The van der Waals surface area contributed by atoms with Crippen molar-refractivity contribution in [3.8, 4) is 0 Å². The highest BCUT2D eigenvalue weighted by Crippen LogP contribution is 2.34. The summed E-state index contributed by atoms with van der Waals surface area (Å²) in [5.41, 5.74) is 2.15. The van der Waals surface area contributed by atoms with Crippen LogP contribution in [0.25, 0.3) is 0 Å². The number of carbonyl (C=O) groups is 1. The third-order valence-corrected chi connectivity index (χ3v) is 4.79. The van der Waals surface area contributed by atoms with Crippen LogP contribution in [0.2, 0.25) is 0 Å². The predicted molar refractivity (Wildman–Crippen MR) is 82.3 cm³/mol. The van der Waals surface area contributed by atoms with Gasteiger partial charge in [0.2, 0.25) is 0 Å². The second-order valence-electron chi connectivity index (χ2n) is 5.69. The zero-order chi connectivity index (χ0) is 14.5. The number of rotatable bonds is 5. The molecule has 4 nitrogen and oxygen atoms in total. The van der Waals surface area contributed by atoms with E-state index < -0.39 is 0 Å². The fourth-order valence-electron chi connectivity index (χ4n) is 3.00. The molecule has 2 atom stereocenters. The Hall–Kier alpha value is -1.10. The monoisotopic (exact) mass is 296 g/mol. The van der Waals surface area contributed by atoms with Crippen molar-refractivity contribution in [3.63, 3.8) is 0 Å². The Kier molecular flexibility index (Phi) is 5.40. The molecule has 1 fully saturated rings. The van der Waals surface area contributed by atoms with Gasteiger partial charge in [0.25, 0.3) is 0 Å². The van der Waals surface area contributed by atoms with Crippen molar-refractivity contribution >= 4 is 22.3 Å². The first-order chi connectivity index (χ1) is 9.63. The van der Waals surface area contributed by atoms with Gasteiger partial charge >= 0.3 is 5.97 Å². The molecule has 0 aliphatic heterocycles. The largest absolute Gasteiger partial charge is 0.461 e. The summed E-state index contributed by atoms with van der Waals surface area (Å²) >= 11 is 1.49. The van der Waals surface area contributed by atoms with Crippen molar-refractivity contribution in [2.24, 2.45) is 11.8 Å². The van der Waals surface area contributed by atoms with Gasteiger partial charge in [-0.2, -0.15) is 0 Å². The van der Waals surface area contributed by atoms with Crippen LogP contribution in [-0.2, 0) is 4.74 Å². The van der Waals surface area contributed by atoms with Crippen molar-refractivity contribution < 1.29 is 9.53 Å². The van der Waals surface area contributed by atoms with Gasteiger partial charge < -0.3 is 10.1 Å². The summed E-state index contributed by atoms with van der Waals surface area (Å²) < 4.78 is 5.06. The standard InChI is InChI=1S/C15H24N2O2S/c1-4-19-15(18)13-14(20-9-16-13)17-12-8-6-5-7-11(12)10(2)3/h9-12,17H,4-8H2,1-3H3. The van der Waals surface area contributed by atoms with Crippen LogP contribution in [0, 0.1) is 11.8 Å². The zero-order valence-corrected chi connectivity index (χ0v) is 13.3. The minimum Gasteiger partial charge on any atom is -0.461 e. The van der Waals surface area contributed by atoms with Crippen LogP contribution >= 0.6 is 11.3 Å². The molecular formula is C15H24N2O2S. The van der Waals surface area contributed by atoms with Crippen LogP contribution in [0.15, 0.2) is 5.51 Å². The summed E-state index contributed by atoms with van der Waals surface area (Å²) in [6, 6.07) is 0.442. The van der Waals surface area contributed by atoms with E-state index in [-0.39, 0.29) is 5.97 Å².